The molecule has 0 atom stereocenters. The van der Waals surface area contributed by atoms with Crippen LogP contribution in [0.25, 0.3) is 11.4 Å². The molecule has 1 aromatic heterocycles. The van der Waals surface area contributed by atoms with Gasteiger partial charge in [-0.2, -0.15) is 4.98 Å². The van der Waals surface area contributed by atoms with Crippen molar-refractivity contribution < 1.29 is 8.91 Å². The van der Waals surface area contributed by atoms with Gasteiger partial charge in [0.1, 0.15) is 5.82 Å². The van der Waals surface area contributed by atoms with Crippen LogP contribution in [-0.4, -0.2) is 10.1 Å². The lowest BCUT2D eigenvalue weighted by atomic mass is 9.84. The molecule has 0 aliphatic carbocycles. The smallest absolute Gasteiger partial charge is 0.240 e. The van der Waals surface area contributed by atoms with Gasteiger partial charge >= 0.3 is 0 Å². The molecule has 136 valence electrons. The van der Waals surface area contributed by atoms with E-state index in [4.69, 9.17) is 16.1 Å². The van der Waals surface area contributed by atoms with Gasteiger partial charge in [0.15, 0.2) is 0 Å². The van der Waals surface area contributed by atoms with Crippen molar-refractivity contribution in [1.82, 2.24) is 15.5 Å². The van der Waals surface area contributed by atoms with Gasteiger partial charge in [-0.25, -0.2) is 4.39 Å². The lowest BCUT2D eigenvalue weighted by Crippen LogP contribution is -2.41. The number of nitrogens with zero attached hydrogens (tertiary/aromatic N) is 2. The lowest BCUT2D eigenvalue weighted by Gasteiger charge is -2.33. The monoisotopic (exact) mass is 373 g/mol. The van der Waals surface area contributed by atoms with Gasteiger partial charge in [-0.3, -0.25) is 5.32 Å². The minimum absolute atomic E-state index is 0.199. The lowest BCUT2D eigenvalue weighted by molar-refractivity contribution is 0.277. The standard InChI is InChI=1S/C20H21ClFN3O/c1-3-20(4-2,15-7-9-16(21)10-8-15)23-13-18-24-19(25-26-18)14-5-11-17(22)12-6-14/h5-12,23H,3-4,13H2,1-2H3. The normalized spacial score (nSPS) is 11.7. The number of rotatable bonds is 7. The highest BCUT2D eigenvalue weighted by molar-refractivity contribution is 6.30. The van der Waals surface area contributed by atoms with Crippen molar-refractivity contribution in [2.24, 2.45) is 0 Å². The molecule has 0 spiro atoms. The molecule has 6 heteroatoms. The van der Waals surface area contributed by atoms with Crippen LogP contribution in [0.3, 0.4) is 0 Å². The first-order chi connectivity index (χ1) is 12.6. The van der Waals surface area contributed by atoms with E-state index in [0.717, 1.165) is 23.4 Å². The van der Waals surface area contributed by atoms with Gasteiger partial charge in [0.25, 0.3) is 0 Å². The van der Waals surface area contributed by atoms with Crippen molar-refractivity contribution in [1.29, 1.82) is 0 Å². The quantitative estimate of drug-likeness (QED) is 0.607. The molecule has 0 amide bonds. The van der Waals surface area contributed by atoms with Gasteiger partial charge in [0, 0.05) is 16.1 Å². The minimum Gasteiger partial charge on any atom is -0.338 e. The van der Waals surface area contributed by atoms with E-state index < -0.39 is 0 Å². The average molecular weight is 374 g/mol. The number of benzene rings is 2. The topological polar surface area (TPSA) is 51.0 Å². The minimum atomic E-state index is -0.294. The predicted molar refractivity (Wildman–Crippen MR) is 100 cm³/mol. The first-order valence-corrected chi connectivity index (χ1v) is 9.03. The molecule has 4 nitrogen and oxygen atoms in total. The maximum atomic E-state index is 13.0. The Morgan fingerprint density at radius 3 is 2.31 bits per heavy atom. The van der Waals surface area contributed by atoms with Gasteiger partial charge in [0.05, 0.1) is 6.54 Å². The summed E-state index contributed by atoms with van der Waals surface area (Å²) in [5, 5.41) is 8.26. The summed E-state index contributed by atoms with van der Waals surface area (Å²) in [5.74, 6) is 0.647. The second-order valence-electron chi connectivity index (χ2n) is 6.17. The van der Waals surface area contributed by atoms with Crippen molar-refractivity contribution in [3.63, 3.8) is 0 Å². The molecule has 0 aliphatic rings. The summed E-state index contributed by atoms with van der Waals surface area (Å²) in [6, 6.07) is 13.9. The van der Waals surface area contributed by atoms with Gasteiger partial charge in [-0.15, -0.1) is 0 Å². The first kappa shape index (κ1) is 18.5. The third-order valence-electron chi connectivity index (χ3n) is 4.75. The van der Waals surface area contributed by atoms with Crippen LogP contribution >= 0.6 is 11.6 Å². The fraction of sp³-hybridized carbons (Fsp3) is 0.300. The molecule has 0 bridgehead atoms. The molecule has 3 rings (SSSR count). The third kappa shape index (κ3) is 3.94. The van der Waals surface area contributed by atoms with E-state index in [1.54, 1.807) is 12.1 Å². The summed E-state index contributed by atoms with van der Waals surface area (Å²) in [7, 11) is 0. The number of nitrogens with one attached hydrogen (secondary N) is 1. The summed E-state index contributed by atoms with van der Waals surface area (Å²) in [5.41, 5.74) is 1.69. The van der Waals surface area contributed by atoms with Gasteiger partial charge in [0.2, 0.25) is 11.7 Å². The summed E-state index contributed by atoms with van der Waals surface area (Å²) >= 11 is 6.01. The Labute approximate surface area is 157 Å². The van der Waals surface area contributed by atoms with Crippen molar-refractivity contribution in [3.8, 4) is 11.4 Å². The van der Waals surface area contributed by atoms with E-state index >= 15 is 0 Å². The zero-order valence-corrected chi connectivity index (χ0v) is 15.6. The third-order valence-corrected chi connectivity index (χ3v) is 5.00. The Hall–Kier alpha value is -2.24. The van der Waals surface area contributed by atoms with E-state index in [2.05, 4.69) is 29.3 Å². The molecule has 26 heavy (non-hydrogen) atoms. The van der Waals surface area contributed by atoms with Crippen LogP contribution in [0.4, 0.5) is 4.39 Å². The number of aromatic nitrogens is 2. The molecule has 1 N–H and O–H groups in total. The first-order valence-electron chi connectivity index (χ1n) is 8.66. The van der Waals surface area contributed by atoms with Crippen LogP contribution in [0.5, 0.6) is 0 Å². The van der Waals surface area contributed by atoms with Crippen molar-refractivity contribution in [2.75, 3.05) is 0 Å². The summed E-state index contributed by atoms with van der Waals surface area (Å²) in [6.07, 6.45) is 1.81. The zero-order valence-electron chi connectivity index (χ0n) is 14.8. The Morgan fingerprint density at radius 1 is 1.04 bits per heavy atom. The van der Waals surface area contributed by atoms with Gasteiger partial charge in [-0.1, -0.05) is 42.7 Å². The van der Waals surface area contributed by atoms with Crippen LogP contribution in [0.15, 0.2) is 53.1 Å². The molecule has 3 aromatic rings. The number of hydrogen-bond donors (Lipinski definition) is 1. The maximum Gasteiger partial charge on any atom is 0.240 e. The molecule has 0 fully saturated rings. The van der Waals surface area contributed by atoms with E-state index in [0.29, 0.717) is 18.3 Å². The predicted octanol–water partition coefficient (Wildman–Crippen LogP) is 5.33. The molecule has 1 heterocycles. The van der Waals surface area contributed by atoms with Gasteiger partial charge in [-0.05, 0) is 54.8 Å². The Balaban J connectivity index is 1.75. The summed E-state index contributed by atoms with van der Waals surface area (Å²) in [4.78, 5) is 4.41. The average Bonchev–Trinajstić information content (AvgIpc) is 3.14. The van der Waals surface area contributed by atoms with Crippen molar-refractivity contribution >= 4 is 11.6 Å². The molecule has 0 aliphatic heterocycles. The van der Waals surface area contributed by atoms with E-state index in [9.17, 15) is 4.39 Å². The highest BCUT2D eigenvalue weighted by Crippen LogP contribution is 2.30. The van der Waals surface area contributed by atoms with Crippen LogP contribution in [0.2, 0.25) is 5.02 Å². The van der Waals surface area contributed by atoms with Crippen molar-refractivity contribution in [2.45, 2.75) is 38.8 Å². The Bertz CT molecular complexity index is 842. The summed E-state index contributed by atoms with van der Waals surface area (Å²) < 4.78 is 18.4. The molecule has 0 saturated heterocycles. The van der Waals surface area contributed by atoms with E-state index in [1.807, 2.05) is 24.3 Å². The zero-order chi connectivity index (χ0) is 18.6. The van der Waals surface area contributed by atoms with Crippen LogP contribution in [0.1, 0.15) is 38.1 Å². The highest BCUT2D eigenvalue weighted by Gasteiger charge is 2.28. The van der Waals surface area contributed by atoms with E-state index in [1.165, 1.54) is 17.7 Å². The molecule has 2 aromatic carbocycles. The molecular formula is C20H21ClFN3O. The highest BCUT2D eigenvalue weighted by atomic mass is 35.5. The van der Waals surface area contributed by atoms with Crippen LogP contribution in [-0.2, 0) is 12.1 Å². The molecular weight excluding hydrogens is 353 g/mol. The largest absolute Gasteiger partial charge is 0.338 e. The Morgan fingerprint density at radius 2 is 1.69 bits per heavy atom. The van der Waals surface area contributed by atoms with E-state index in [-0.39, 0.29) is 11.4 Å². The second kappa shape index (κ2) is 7.98. The molecule has 0 saturated carbocycles. The summed E-state index contributed by atoms with van der Waals surface area (Å²) in [6.45, 7) is 4.73. The number of hydrogen-bond acceptors (Lipinski definition) is 4. The number of halogens is 2. The molecule has 0 unspecified atom stereocenters. The van der Waals surface area contributed by atoms with Gasteiger partial charge < -0.3 is 4.52 Å². The maximum absolute atomic E-state index is 13.0. The van der Waals surface area contributed by atoms with Crippen molar-refractivity contribution in [3.05, 3.63) is 70.8 Å². The fourth-order valence-electron chi connectivity index (χ4n) is 3.07. The van der Waals surface area contributed by atoms with Crippen LogP contribution < -0.4 is 5.32 Å². The molecule has 0 radical (unpaired) electrons. The SMILES string of the molecule is CCC(CC)(NCc1nc(-c2ccc(F)cc2)no1)c1ccc(Cl)cc1. The van der Waals surface area contributed by atoms with Crippen LogP contribution in [0, 0.1) is 5.82 Å². The Kier molecular flexibility index (Phi) is 5.69. The second-order valence-corrected chi connectivity index (χ2v) is 6.60. The fourth-order valence-corrected chi connectivity index (χ4v) is 3.19.